The second-order valence-electron chi connectivity index (χ2n) is 3.64. The summed E-state index contributed by atoms with van der Waals surface area (Å²) in [5.74, 6) is -1.66. The second kappa shape index (κ2) is 6.72. The van der Waals surface area contributed by atoms with Crippen LogP contribution in [-0.2, 0) is 9.59 Å². The van der Waals surface area contributed by atoms with E-state index in [1.54, 1.807) is 25.1 Å². The van der Waals surface area contributed by atoms with Crippen molar-refractivity contribution in [1.29, 1.82) is 0 Å². The Balaban J connectivity index is 2.67. The Kier molecular flexibility index (Phi) is 5.58. The van der Waals surface area contributed by atoms with Gasteiger partial charge in [-0.3, -0.25) is 9.59 Å². The summed E-state index contributed by atoms with van der Waals surface area (Å²) >= 11 is 9.12. The fourth-order valence-corrected chi connectivity index (χ4v) is 1.83. The number of anilines is 1. The summed E-state index contributed by atoms with van der Waals surface area (Å²) in [6.45, 7) is 1.34. The first-order valence-corrected chi connectivity index (χ1v) is 6.29. The van der Waals surface area contributed by atoms with E-state index in [0.29, 0.717) is 10.7 Å². The predicted octanol–water partition coefficient (Wildman–Crippen LogP) is 1.54. The van der Waals surface area contributed by atoms with Crippen LogP contribution in [-0.4, -0.2) is 29.6 Å². The molecule has 0 saturated heterocycles. The number of aliphatic hydroxyl groups excluding tert-OH is 1. The van der Waals surface area contributed by atoms with E-state index in [0.717, 1.165) is 4.47 Å². The summed E-state index contributed by atoms with van der Waals surface area (Å²) < 4.78 is 0.767. The number of hydrogen-bond acceptors (Lipinski definition) is 3. The lowest BCUT2D eigenvalue weighted by Gasteiger charge is -2.11. The highest BCUT2D eigenvalue weighted by molar-refractivity contribution is 9.10. The Morgan fingerprint density at radius 2 is 2.11 bits per heavy atom. The molecule has 7 heteroatoms. The molecule has 5 nitrogen and oxygen atoms in total. The van der Waals surface area contributed by atoms with Crippen molar-refractivity contribution in [3.05, 3.63) is 27.7 Å². The van der Waals surface area contributed by atoms with E-state index in [4.69, 9.17) is 16.7 Å². The number of nitrogens with one attached hydrogen (secondary N) is 2. The van der Waals surface area contributed by atoms with Gasteiger partial charge in [-0.15, -0.1) is 0 Å². The summed E-state index contributed by atoms with van der Waals surface area (Å²) in [6, 6.07) is 4.39. The van der Waals surface area contributed by atoms with E-state index in [1.807, 2.05) is 0 Å². The van der Waals surface area contributed by atoms with Crippen molar-refractivity contribution >= 4 is 45.0 Å². The third kappa shape index (κ3) is 4.29. The van der Waals surface area contributed by atoms with Gasteiger partial charge in [-0.2, -0.15) is 0 Å². The molecular formula is C11H12BrClN2O3. The van der Waals surface area contributed by atoms with Gasteiger partial charge in [-0.05, 0) is 25.1 Å². The lowest BCUT2D eigenvalue weighted by molar-refractivity contribution is -0.136. The molecule has 0 spiro atoms. The quantitative estimate of drug-likeness (QED) is 0.733. The van der Waals surface area contributed by atoms with Gasteiger partial charge >= 0.3 is 11.8 Å². The predicted molar refractivity (Wildman–Crippen MR) is 72.5 cm³/mol. The van der Waals surface area contributed by atoms with E-state index in [2.05, 4.69) is 26.6 Å². The molecule has 1 unspecified atom stereocenters. The third-order valence-electron chi connectivity index (χ3n) is 2.04. The molecule has 0 saturated carbocycles. The van der Waals surface area contributed by atoms with Crippen molar-refractivity contribution in [2.75, 3.05) is 11.9 Å². The van der Waals surface area contributed by atoms with E-state index in [1.165, 1.54) is 0 Å². The number of benzene rings is 1. The number of carbonyl (C=O) groups excluding carboxylic acids is 2. The van der Waals surface area contributed by atoms with Crippen LogP contribution in [0.2, 0.25) is 5.02 Å². The van der Waals surface area contributed by atoms with Crippen molar-refractivity contribution < 1.29 is 14.7 Å². The van der Waals surface area contributed by atoms with Crippen molar-refractivity contribution in [3.63, 3.8) is 0 Å². The van der Waals surface area contributed by atoms with E-state index in [9.17, 15) is 9.59 Å². The minimum absolute atomic E-state index is 0.238. The standard InChI is InChI=1S/C11H12BrClN2O3/c1-6(5-16)14-10(17)11(18)15-9-3-2-7(12)4-8(9)13/h2-4,6,16H,5H2,1H3,(H,14,17)(H,15,18). The van der Waals surface area contributed by atoms with Gasteiger partial charge in [-0.1, -0.05) is 27.5 Å². The second-order valence-corrected chi connectivity index (χ2v) is 4.96. The topological polar surface area (TPSA) is 78.4 Å². The van der Waals surface area contributed by atoms with E-state index < -0.39 is 17.9 Å². The first-order valence-electron chi connectivity index (χ1n) is 5.11. The SMILES string of the molecule is CC(CO)NC(=O)C(=O)Nc1ccc(Br)cc1Cl. The minimum atomic E-state index is -0.834. The molecule has 2 amide bonds. The van der Waals surface area contributed by atoms with Gasteiger partial charge in [0.15, 0.2) is 0 Å². The van der Waals surface area contributed by atoms with E-state index >= 15 is 0 Å². The van der Waals surface area contributed by atoms with Crippen molar-refractivity contribution in [3.8, 4) is 0 Å². The largest absolute Gasteiger partial charge is 0.394 e. The van der Waals surface area contributed by atoms with Gasteiger partial charge in [0.1, 0.15) is 0 Å². The maximum absolute atomic E-state index is 11.5. The van der Waals surface area contributed by atoms with Crippen LogP contribution in [0.15, 0.2) is 22.7 Å². The molecule has 0 aliphatic rings. The zero-order chi connectivity index (χ0) is 13.7. The molecule has 1 rings (SSSR count). The molecule has 0 aliphatic carbocycles. The summed E-state index contributed by atoms with van der Waals surface area (Å²) in [7, 11) is 0. The van der Waals surface area contributed by atoms with Gasteiger partial charge in [-0.25, -0.2) is 0 Å². The maximum atomic E-state index is 11.5. The number of halogens is 2. The molecular weight excluding hydrogens is 323 g/mol. The fraction of sp³-hybridized carbons (Fsp3) is 0.273. The van der Waals surface area contributed by atoms with Crippen LogP contribution in [0.3, 0.4) is 0 Å². The number of hydrogen-bond donors (Lipinski definition) is 3. The molecule has 0 aliphatic heterocycles. The van der Waals surface area contributed by atoms with Gasteiger partial charge in [0.2, 0.25) is 0 Å². The average molecular weight is 336 g/mol. The molecule has 0 aromatic heterocycles. The fourth-order valence-electron chi connectivity index (χ4n) is 1.10. The van der Waals surface area contributed by atoms with Gasteiger partial charge in [0, 0.05) is 10.5 Å². The maximum Gasteiger partial charge on any atom is 0.313 e. The number of aliphatic hydroxyl groups is 1. The van der Waals surface area contributed by atoms with Gasteiger partial charge in [0.05, 0.1) is 17.3 Å². The van der Waals surface area contributed by atoms with Gasteiger partial charge in [0.25, 0.3) is 0 Å². The van der Waals surface area contributed by atoms with Gasteiger partial charge < -0.3 is 15.7 Å². The Morgan fingerprint density at radius 3 is 2.67 bits per heavy atom. The van der Waals surface area contributed by atoms with Crippen LogP contribution in [0.5, 0.6) is 0 Å². The summed E-state index contributed by atoms with van der Waals surface area (Å²) in [5.41, 5.74) is 0.344. The lowest BCUT2D eigenvalue weighted by atomic mass is 10.3. The average Bonchev–Trinajstić information content (AvgIpc) is 2.32. The Hall–Kier alpha value is -1.11. The highest BCUT2D eigenvalue weighted by atomic mass is 79.9. The summed E-state index contributed by atoms with van der Waals surface area (Å²) in [6.07, 6.45) is 0. The molecule has 18 heavy (non-hydrogen) atoms. The molecule has 0 radical (unpaired) electrons. The molecule has 0 heterocycles. The number of rotatable bonds is 3. The molecule has 98 valence electrons. The molecule has 1 aromatic rings. The summed E-state index contributed by atoms with van der Waals surface area (Å²) in [5, 5.41) is 13.8. The highest BCUT2D eigenvalue weighted by Crippen LogP contribution is 2.25. The third-order valence-corrected chi connectivity index (χ3v) is 2.84. The zero-order valence-corrected chi connectivity index (χ0v) is 11.9. The monoisotopic (exact) mass is 334 g/mol. The molecule has 0 bridgehead atoms. The molecule has 0 fully saturated rings. The zero-order valence-electron chi connectivity index (χ0n) is 9.54. The lowest BCUT2D eigenvalue weighted by Crippen LogP contribution is -2.42. The summed E-state index contributed by atoms with van der Waals surface area (Å²) in [4.78, 5) is 22.9. The van der Waals surface area contributed by atoms with Crippen LogP contribution < -0.4 is 10.6 Å². The Bertz CT molecular complexity index is 468. The van der Waals surface area contributed by atoms with Crippen LogP contribution in [0.4, 0.5) is 5.69 Å². The molecule has 1 atom stereocenters. The minimum Gasteiger partial charge on any atom is -0.394 e. The normalized spacial score (nSPS) is 11.8. The highest BCUT2D eigenvalue weighted by Gasteiger charge is 2.16. The first kappa shape index (κ1) is 14.9. The van der Waals surface area contributed by atoms with Crippen molar-refractivity contribution in [1.82, 2.24) is 5.32 Å². The Morgan fingerprint density at radius 1 is 1.44 bits per heavy atom. The first-order chi connectivity index (χ1) is 8.43. The van der Waals surface area contributed by atoms with Crippen LogP contribution >= 0.6 is 27.5 Å². The van der Waals surface area contributed by atoms with Crippen LogP contribution in [0.1, 0.15) is 6.92 Å². The molecule has 3 N–H and O–H groups in total. The number of amides is 2. The van der Waals surface area contributed by atoms with Crippen LogP contribution in [0.25, 0.3) is 0 Å². The van der Waals surface area contributed by atoms with E-state index in [-0.39, 0.29) is 6.61 Å². The van der Waals surface area contributed by atoms with Crippen LogP contribution in [0, 0.1) is 0 Å². The van der Waals surface area contributed by atoms with Crippen molar-refractivity contribution in [2.24, 2.45) is 0 Å². The Labute approximate surface area is 118 Å². The van der Waals surface area contributed by atoms with Crippen molar-refractivity contribution in [2.45, 2.75) is 13.0 Å². The molecule has 1 aromatic carbocycles. The number of carbonyl (C=O) groups is 2. The smallest absolute Gasteiger partial charge is 0.313 e.